The van der Waals surface area contributed by atoms with Gasteiger partial charge in [-0.2, -0.15) is 144 Å². The summed E-state index contributed by atoms with van der Waals surface area (Å²) in [5.74, 6) is -97.5. The molecule has 0 amide bonds. The maximum absolute atomic E-state index is 14.7. The molecular weight excluding hydrogens is 1180 g/mol. The highest BCUT2D eigenvalue weighted by molar-refractivity contribution is 5.59. The monoisotopic (exact) mass is 1200 g/mol. The van der Waals surface area contributed by atoms with Crippen molar-refractivity contribution < 1.29 is 150 Å². The number of aromatic nitrogens is 6. The number of alkyl halides is 26. The zero-order valence-corrected chi connectivity index (χ0v) is 36.0. The molecule has 1 saturated heterocycles. The Kier molecular flexibility index (Phi) is 15.7. The minimum atomic E-state index is -8.36. The van der Waals surface area contributed by atoms with Gasteiger partial charge in [0.25, 0.3) is 0 Å². The van der Waals surface area contributed by atoms with E-state index < -0.39 is 193 Å². The minimum Gasteiger partial charge on any atom is -0.457 e. The highest BCUT2D eigenvalue weighted by Gasteiger charge is 2.92. The third kappa shape index (κ3) is 10.3. The third-order valence-electron chi connectivity index (χ3n) is 10.3. The van der Waals surface area contributed by atoms with Gasteiger partial charge in [0.15, 0.2) is 59.8 Å². The molecule has 0 atom stereocenters. The lowest BCUT2D eigenvalue weighted by molar-refractivity contribution is -0.440. The number of ether oxygens (including phenoxy) is 2. The van der Waals surface area contributed by atoms with Gasteiger partial charge in [-0.25, -0.2) is 26.3 Å². The second kappa shape index (κ2) is 19.6. The van der Waals surface area contributed by atoms with Crippen molar-refractivity contribution in [2.45, 2.75) is 71.6 Å². The number of nitrogens with zero attached hydrogens (tertiary/aromatic N) is 8. The van der Waals surface area contributed by atoms with Crippen molar-refractivity contribution in [2.24, 2.45) is 0 Å². The summed E-state index contributed by atoms with van der Waals surface area (Å²) in [4.78, 5) is 21.2. The molecule has 1 aliphatic rings. The smallest absolute Gasteiger partial charge is 0.457 e. The van der Waals surface area contributed by atoms with Gasteiger partial charge >= 0.3 is 83.6 Å². The van der Waals surface area contributed by atoms with E-state index in [4.69, 9.17) is 0 Å². The fraction of sp³-hybridized carbons (Fsp3) is 0.500. The molecule has 78 heavy (non-hydrogen) atoms. The molecule has 0 radical (unpaired) electrons. The van der Waals surface area contributed by atoms with Crippen molar-refractivity contribution in [1.29, 1.82) is 0 Å². The van der Waals surface area contributed by atoms with Crippen LogP contribution >= 0.6 is 0 Å². The van der Waals surface area contributed by atoms with Crippen LogP contribution in [0.4, 0.5) is 152 Å². The van der Waals surface area contributed by atoms with E-state index in [1.807, 2.05) is 0 Å². The quantitative estimate of drug-likeness (QED) is 0.0707. The Bertz CT molecular complexity index is 2630. The summed E-state index contributed by atoms with van der Waals surface area (Å²) in [6, 6.07) is -3.93. The highest BCUT2D eigenvalue weighted by atomic mass is 19.4. The number of piperazine rings is 1. The maximum Gasteiger partial charge on any atom is 0.460 e. The summed E-state index contributed by atoms with van der Waals surface area (Å²) in [5, 5.41) is 0. The molecule has 3 heterocycles. The fourth-order valence-corrected chi connectivity index (χ4v) is 5.93. The molecular formula is C36H16F32N8O2. The van der Waals surface area contributed by atoms with Crippen LogP contribution in [0.15, 0.2) is 24.3 Å². The number of rotatable bonds is 18. The average molecular weight is 1200 g/mol. The Morgan fingerprint density at radius 2 is 0.577 bits per heavy atom. The summed E-state index contributed by atoms with van der Waals surface area (Å²) in [5.41, 5.74) is -2.23. The number of halogens is 32. The lowest BCUT2D eigenvalue weighted by atomic mass is 9.94. The van der Waals surface area contributed by atoms with E-state index >= 15 is 0 Å². The molecule has 4 aromatic rings. The van der Waals surface area contributed by atoms with Crippen molar-refractivity contribution in [1.82, 2.24) is 29.9 Å². The summed E-state index contributed by atoms with van der Waals surface area (Å²) in [7, 11) is 0. The molecule has 10 nitrogen and oxygen atoms in total. The maximum atomic E-state index is 14.7. The summed E-state index contributed by atoms with van der Waals surface area (Å²) in [6.07, 6.45) is -15.6. The van der Waals surface area contributed by atoms with Gasteiger partial charge in [-0.1, -0.05) is 0 Å². The topological polar surface area (TPSA) is 102 Å². The highest BCUT2D eigenvalue weighted by Crippen LogP contribution is 2.62. The molecule has 0 saturated carbocycles. The Labute approximate surface area is 407 Å². The summed E-state index contributed by atoms with van der Waals surface area (Å²) < 4.78 is 449. The first-order valence-electron chi connectivity index (χ1n) is 19.4. The van der Waals surface area contributed by atoms with Crippen molar-refractivity contribution in [3.8, 4) is 34.8 Å². The summed E-state index contributed by atoms with van der Waals surface area (Å²) >= 11 is 0. The van der Waals surface area contributed by atoms with E-state index in [0.29, 0.717) is 9.80 Å². The first-order chi connectivity index (χ1) is 35.0. The minimum absolute atomic E-state index is 0.00738. The van der Waals surface area contributed by atoms with Gasteiger partial charge in [0, 0.05) is 37.3 Å². The molecule has 5 rings (SSSR count). The van der Waals surface area contributed by atoms with Crippen LogP contribution in [0.5, 0.6) is 12.0 Å². The van der Waals surface area contributed by atoms with Gasteiger partial charge in [-0.05, 0) is 24.3 Å². The molecule has 436 valence electrons. The molecule has 0 bridgehead atoms. The van der Waals surface area contributed by atoms with Crippen molar-refractivity contribution in [3.63, 3.8) is 0 Å². The van der Waals surface area contributed by atoms with Gasteiger partial charge in [0.1, 0.15) is 0 Å². The van der Waals surface area contributed by atoms with Gasteiger partial charge in [0.05, 0.1) is 0 Å². The van der Waals surface area contributed by atoms with Crippen molar-refractivity contribution in [2.75, 3.05) is 49.2 Å². The van der Waals surface area contributed by atoms with Crippen LogP contribution in [0.25, 0.3) is 22.8 Å². The van der Waals surface area contributed by atoms with E-state index in [1.54, 1.807) is 0 Å². The molecule has 0 aliphatic carbocycles. The molecule has 0 unspecified atom stereocenters. The number of hydrogen-bond donors (Lipinski definition) is 0. The fourth-order valence-electron chi connectivity index (χ4n) is 5.93. The molecule has 42 heteroatoms. The Morgan fingerprint density at radius 3 is 0.821 bits per heavy atom. The number of hydrogen-bond acceptors (Lipinski definition) is 10. The van der Waals surface area contributed by atoms with Crippen LogP contribution in [-0.2, 0) is 0 Å². The van der Waals surface area contributed by atoms with E-state index in [2.05, 4.69) is 39.4 Å². The van der Waals surface area contributed by atoms with E-state index in [1.165, 1.54) is 0 Å². The van der Waals surface area contributed by atoms with Gasteiger partial charge in [0.2, 0.25) is 11.9 Å². The largest absolute Gasteiger partial charge is 0.460 e. The molecule has 0 spiro atoms. The van der Waals surface area contributed by atoms with Gasteiger partial charge in [-0.15, -0.1) is 0 Å². The normalized spacial score (nSPS) is 15.5. The van der Waals surface area contributed by atoms with Crippen LogP contribution in [0.1, 0.15) is 0 Å². The lowest BCUT2D eigenvalue weighted by Gasteiger charge is -2.39. The van der Waals surface area contributed by atoms with Gasteiger partial charge in [-0.3, -0.25) is 0 Å². The van der Waals surface area contributed by atoms with Crippen molar-refractivity contribution in [3.05, 3.63) is 59.2 Å². The van der Waals surface area contributed by atoms with Crippen LogP contribution < -0.4 is 19.3 Å². The second-order valence-electron chi connectivity index (χ2n) is 15.5. The SMILES string of the molecule is Fc1cc(-c2nc(OCC(F)(F)C(F)(F)C(F)(F)C(F)(F)C(F)(F)C(F)(F)F)nc(N3CCN(c4nc(OCC(F)(F)C(F)(F)C(F)(F)C(F)(F)C(F)(F)C(F)(F)F)nc(-c5cc(F)c(F)c(F)c5)n4)CC3)n2)cc(F)c1F. The Balaban J connectivity index is 1.50. The van der Waals surface area contributed by atoms with Crippen LogP contribution in [-0.4, -0.2) is 141 Å². The Morgan fingerprint density at radius 1 is 0.333 bits per heavy atom. The van der Waals surface area contributed by atoms with Gasteiger partial charge < -0.3 is 19.3 Å². The molecule has 1 aliphatic heterocycles. The predicted molar refractivity (Wildman–Crippen MR) is 187 cm³/mol. The first-order valence-corrected chi connectivity index (χ1v) is 19.4. The molecule has 0 N–H and O–H groups in total. The summed E-state index contributed by atoms with van der Waals surface area (Å²) in [6.45, 7) is -10.5. The predicted octanol–water partition coefficient (Wildman–Crippen LogP) is 11.8. The lowest BCUT2D eigenvalue weighted by Crippen LogP contribution is -2.70. The van der Waals surface area contributed by atoms with E-state index in [9.17, 15) is 140 Å². The van der Waals surface area contributed by atoms with E-state index in [-0.39, 0.29) is 24.3 Å². The van der Waals surface area contributed by atoms with Crippen LogP contribution in [0, 0.1) is 34.9 Å². The molecule has 2 aromatic carbocycles. The first kappa shape index (κ1) is 62.3. The zero-order chi connectivity index (χ0) is 60.0. The molecule has 1 fully saturated rings. The average Bonchev–Trinajstić information content (AvgIpc) is 3.32. The molecule has 2 aromatic heterocycles. The number of benzene rings is 2. The van der Waals surface area contributed by atoms with Crippen LogP contribution in [0.2, 0.25) is 0 Å². The van der Waals surface area contributed by atoms with E-state index in [0.717, 1.165) is 0 Å². The Hall–Kier alpha value is -6.58. The van der Waals surface area contributed by atoms with Crippen molar-refractivity contribution >= 4 is 11.9 Å². The standard InChI is InChI=1S/C36H16F32N8O2/c37-13-5-11(6-14(38)17(13)41)19-69-21(73-23(71-19)77-9-25(43,44)27(47,48)29(51,52)31(55,56)33(59,60)35(63,64)65)75-1-2-76(4-3-75)22-70-20(12-7-15(39)18(42)16(40)8-12)72-24(74-22)78-10-26(45,46)28(49,50)30(53,54)32(57,58)34(61,62)36(66,67)68/h5-8H,1-4,9-10H2. The zero-order valence-electron chi connectivity index (χ0n) is 36.0. The third-order valence-corrected chi connectivity index (χ3v) is 10.3. The number of anilines is 2. The second-order valence-corrected chi connectivity index (χ2v) is 15.5. The van der Waals surface area contributed by atoms with Crippen LogP contribution in [0.3, 0.4) is 0 Å².